The predicted molar refractivity (Wildman–Crippen MR) is 202 cm³/mol. The zero-order chi connectivity index (χ0) is 32.8. The molecule has 230 valence electrons. The number of nitriles is 1. The lowest BCUT2D eigenvalue weighted by molar-refractivity contribution is 0.769. The highest BCUT2D eigenvalue weighted by Gasteiger charge is 2.47. The van der Waals surface area contributed by atoms with Gasteiger partial charge in [-0.25, -0.2) is 0 Å². The first-order valence-electron chi connectivity index (χ1n) is 16.8. The van der Waals surface area contributed by atoms with E-state index in [2.05, 4.69) is 181 Å². The maximum Gasteiger partial charge on any atom is 0.117 e. The second kappa shape index (κ2) is 11.7. The van der Waals surface area contributed by atoms with E-state index < -0.39 is 5.41 Å². The van der Waals surface area contributed by atoms with Gasteiger partial charge < -0.3 is 5.32 Å². The lowest BCUT2D eigenvalue weighted by Crippen LogP contribution is -2.28. The zero-order valence-electron chi connectivity index (χ0n) is 26.9. The Bertz CT molecular complexity index is 2440. The molecule has 1 N–H and O–H groups in total. The molecule has 0 amide bonds. The van der Waals surface area contributed by atoms with Gasteiger partial charge in [0, 0.05) is 6.54 Å². The quantitative estimate of drug-likeness (QED) is 0.207. The maximum absolute atomic E-state index is 9.58. The van der Waals surface area contributed by atoms with E-state index in [4.69, 9.17) is 0 Å². The van der Waals surface area contributed by atoms with Crippen molar-refractivity contribution in [1.82, 2.24) is 5.32 Å². The fraction of sp³-hybridized carbons (Fsp3) is 0.0426. The fourth-order valence-electron chi connectivity index (χ4n) is 8.07. The summed E-state index contributed by atoms with van der Waals surface area (Å²) in [5.41, 5.74) is 14.6. The van der Waals surface area contributed by atoms with E-state index in [0.29, 0.717) is 12.2 Å². The van der Waals surface area contributed by atoms with Crippen molar-refractivity contribution in [2.45, 2.75) is 5.41 Å². The van der Waals surface area contributed by atoms with Crippen LogP contribution in [-0.4, -0.2) is 6.54 Å². The van der Waals surface area contributed by atoms with Gasteiger partial charge >= 0.3 is 0 Å². The van der Waals surface area contributed by atoms with Crippen LogP contribution in [0.25, 0.3) is 49.7 Å². The molecule has 7 aromatic rings. The van der Waals surface area contributed by atoms with Crippen molar-refractivity contribution in [1.29, 1.82) is 5.26 Å². The van der Waals surface area contributed by atoms with Crippen molar-refractivity contribution in [2.24, 2.45) is 0 Å². The van der Waals surface area contributed by atoms with Crippen molar-refractivity contribution in [3.05, 3.63) is 209 Å². The van der Waals surface area contributed by atoms with Gasteiger partial charge in [0.05, 0.1) is 5.41 Å². The second-order valence-electron chi connectivity index (χ2n) is 12.8. The van der Waals surface area contributed by atoms with E-state index >= 15 is 0 Å². The molecular formula is C47H32N2. The summed E-state index contributed by atoms with van der Waals surface area (Å²) in [6.45, 7) is 0.640. The Labute approximate surface area is 287 Å². The van der Waals surface area contributed by atoms with Crippen molar-refractivity contribution in [3.63, 3.8) is 0 Å². The van der Waals surface area contributed by atoms with E-state index in [-0.39, 0.29) is 0 Å². The van der Waals surface area contributed by atoms with Crippen LogP contribution in [0.1, 0.15) is 27.8 Å². The Morgan fingerprint density at radius 3 is 1.86 bits per heavy atom. The molecule has 1 aliphatic heterocycles. The Balaban J connectivity index is 1.38. The molecule has 9 rings (SSSR count). The standard InChI is InChI=1S/C47H32N2/c48-31-39-28-35(25-26-49-39)33-15-12-16-36(27-33)43-30-45-46(41-22-11-10-21-40(41)43)42-24-23-34(32-13-4-1-5-14-32)29-44(42)47(45,37-17-6-2-7-18-37)38-19-8-3-9-20-38/h1-25,27-30,49H,26H2. The van der Waals surface area contributed by atoms with E-state index in [1.54, 1.807) is 0 Å². The highest BCUT2D eigenvalue weighted by Crippen LogP contribution is 2.59. The van der Waals surface area contributed by atoms with Gasteiger partial charge in [0.1, 0.15) is 11.8 Å². The second-order valence-corrected chi connectivity index (χ2v) is 12.8. The van der Waals surface area contributed by atoms with Crippen LogP contribution >= 0.6 is 0 Å². The molecule has 0 atom stereocenters. The SMILES string of the molecule is N#CC1=CC(c2cccc(-c3cc4c(c5ccccc35)-c3ccc(-c5ccccc5)cc3C4(c3ccccc3)c3ccccc3)c2)=CCN1. The van der Waals surface area contributed by atoms with Crippen LogP contribution in [0.3, 0.4) is 0 Å². The number of hydrogen-bond donors (Lipinski definition) is 1. The molecule has 49 heavy (non-hydrogen) atoms. The molecule has 0 radical (unpaired) electrons. The third kappa shape index (κ3) is 4.55. The summed E-state index contributed by atoms with van der Waals surface area (Å²) >= 11 is 0. The van der Waals surface area contributed by atoms with Gasteiger partial charge in [-0.1, -0.05) is 152 Å². The van der Waals surface area contributed by atoms with Crippen LogP contribution in [0.4, 0.5) is 0 Å². The molecule has 0 fully saturated rings. The van der Waals surface area contributed by atoms with E-state index in [1.165, 1.54) is 60.8 Å². The minimum Gasteiger partial charge on any atom is -0.373 e. The minimum absolute atomic E-state index is 0.545. The summed E-state index contributed by atoms with van der Waals surface area (Å²) in [6.07, 6.45) is 4.09. The lowest BCUT2D eigenvalue weighted by Gasteiger charge is -2.34. The van der Waals surface area contributed by atoms with Gasteiger partial charge in [0.25, 0.3) is 0 Å². The number of hydrogen-bond acceptors (Lipinski definition) is 2. The predicted octanol–water partition coefficient (Wildman–Crippen LogP) is 10.9. The molecule has 0 saturated heterocycles. The number of nitrogens with one attached hydrogen (secondary N) is 1. The van der Waals surface area contributed by atoms with Crippen LogP contribution in [-0.2, 0) is 5.41 Å². The highest BCUT2D eigenvalue weighted by molar-refractivity contribution is 6.10. The number of fused-ring (bicyclic) bond motifs is 5. The molecule has 7 aromatic carbocycles. The Hall–Kier alpha value is -6.43. The average molecular weight is 625 g/mol. The van der Waals surface area contributed by atoms with Gasteiger partial charge in [0.15, 0.2) is 0 Å². The molecule has 1 heterocycles. The number of allylic oxidation sites excluding steroid dienone is 3. The monoisotopic (exact) mass is 624 g/mol. The first-order chi connectivity index (χ1) is 24.3. The van der Waals surface area contributed by atoms with Crippen molar-refractivity contribution < 1.29 is 0 Å². The topological polar surface area (TPSA) is 35.8 Å². The summed E-state index contributed by atoms with van der Waals surface area (Å²) in [5, 5.41) is 15.2. The van der Waals surface area contributed by atoms with Gasteiger partial charge in [-0.05, 0) is 102 Å². The third-order valence-electron chi connectivity index (χ3n) is 10.2. The maximum atomic E-state index is 9.58. The molecule has 0 unspecified atom stereocenters. The fourth-order valence-corrected chi connectivity index (χ4v) is 8.07. The highest BCUT2D eigenvalue weighted by atomic mass is 14.9. The lowest BCUT2D eigenvalue weighted by atomic mass is 9.67. The average Bonchev–Trinajstić information content (AvgIpc) is 3.49. The molecule has 2 aliphatic rings. The van der Waals surface area contributed by atoms with Crippen LogP contribution in [0.2, 0.25) is 0 Å². The van der Waals surface area contributed by atoms with Gasteiger partial charge in [-0.3, -0.25) is 0 Å². The van der Waals surface area contributed by atoms with Gasteiger partial charge in [-0.2, -0.15) is 5.26 Å². The van der Waals surface area contributed by atoms with Crippen molar-refractivity contribution >= 4 is 16.3 Å². The summed E-state index contributed by atoms with van der Waals surface area (Å²) in [4.78, 5) is 0. The number of dihydropyridines is 1. The van der Waals surface area contributed by atoms with E-state index in [1.807, 2.05) is 6.08 Å². The summed E-state index contributed by atoms with van der Waals surface area (Å²) in [7, 11) is 0. The molecular weight excluding hydrogens is 593 g/mol. The molecule has 0 aromatic heterocycles. The van der Waals surface area contributed by atoms with Gasteiger partial charge in [-0.15, -0.1) is 0 Å². The van der Waals surface area contributed by atoms with Crippen LogP contribution in [0.15, 0.2) is 182 Å². The molecule has 1 aliphatic carbocycles. The van der Waals surface area contributed by atoms with E-state index in [9.17, 15) is 5.26 Å². The Morgan fingerprint density at radius 2 is 1.14 bits per heavy atom. The van der Waals surface area contributed by atoms with Crippen LogP contribution < -0.4 is 5.32 Å². The number of nitrogens with zero attached hydrogens (tertiary/aromatic N) is 1. The van der Waals surface area contributed by atoms with Crippen LogP contribution in [0, 0.1) is 11.3 Å². The summed E-state index contributed by atoms with van der Waals surface area (Å²) < 4.78 is 0. The number of benzene rings is 7. The number of rotatable bonds is 5. The Kier molecular flexibility index (Phi) is 6.85. The molecule has 0 saturated carbocycles. The first-order valence-corrected chi connectivity index (χ1v) is 16.8. The molecule has 2 heteroatoms. The summed E-state index contributed by atoms with van der Waals surface area (Å²) in [6, 6.07) is 62.2. The van der Waals surface area contributed by atoms with E-state index in [0.717, 1.165) is 16.7 Å². The van der Waals surface area contributed by atoms with Gasteiger partial charge in [0.2, 0.25) is 0 Å². The largest absolute Gasteiger partial charge is 0.373 e. The molecule has 0 spiro atoms. The molecule has 0 bridgehead atoms. The third-order valence-corrected chi connectivity index (χ3v) is 10.2. The Morgan fingerprint density at radius 1 is 0.510 bits per heavy atom. The van der Waals surface area contributed by atoms with Crippen molar-refractivity contribution in [3.8, 4) is 39.4 Å². The normalized spacial score (nSPS) is 14.2. The van der Waals surface area contributed by atoms with Crippen molar-refractivity contribution in [2.75, 3.05) is 6.54 Å². The summed E-state index contributed by atoms with van der Waals surface area (Å²) in [5.74, 6) is 0. The minimum atomic E-state index is -0.545. The van der Waals surface area contributed by atoms with Crippen LogP contribution in [0.5, 0.6) is 0 Å². The smallest absolute Gasteiger partial charge is 0.117 e. The zero-order valence-corrected chi connectivity index (χ0v) is 26.9. The first kappa shape index (κ1) is 28.8. The molecule has 2 nitrogen and oxygen atoms in total.